The molecule has 2 aromatic heterocycles. The van der Waals surface area contributed by atoms with Gasteiger partial charge in [-0.1, -0.05) is 28.1 Å². The zero-order valence-electron chi connectivity index (χ0n) is 10.6. The predicted octanol–water partition coefficient (Wildman–Crippen LogP) is 1.30. The van der Waals surface area contributed by atoms with Crippen molar-refractivity contribution in [1.29, 1.82) is 0 Å². The van der Waals surface area contributed by atoms with Crippen molar-refractivity contribution in [3.63, 3.8) is 0 Å². The Morgan fingerprint density at radius 3 is 2.60 bits per heavy atom. The maximum absolute atomic E-state index is 11.7. The third-order valence-electron chi connectivity index (χ3n) is 3.09. The molecule has 0 aliphatic rings. The number of hydrogen-bond donors (Lipinski definition) is 2. The number of imidazole rings is 1. The van der Waals surface area contributed by atoms with E-state index in [1.807, 2.05) is 24.3 Å². The Balaban J connectivity index is 2.07. The van der Waals surface area contributed by atoms with Crippen LogP contribution in [0.3, 0.4) is 0 Å². The predicted molar refractivity (Wildman–Crippen MR) is 78.9 cm³/mol. The second-order valence-electron chi connectivity index (χ2n) is 4.50. The molecule has 0 bridgehead atoms. The second-order valence-corrected chi connectivity index (χ2v) is 5.42. The quantitative estimate of drug-likeness (QED) is 0.741. The Morgan fingerprint density at radius 1 is 1.20 bits per heavy atom. The average Bonchev–Trinajstić information content (AvgIpc) is 2.83. The van der Waals surface area contributed by atoms with Gasteiger partial charge in [0.15, 0.2) is 5.65 Å². The number of aromatic amines is 2. The Labute approximate surface area is 121 Å². The van der Waals surface area contributed by atoms with E-state index in [-0.39, 0.29) is 0 Å². The van der Waals surface area contributed by atoms with Gasteiger partial charge in [0.1, 0.15) is 11.3 Å². The number of nitrogens with zero attached hydrogens (tertiary/aromatic N) is 2. The standard InChI is InChI=1S/C13H11BrN4O2/c1-18-11-10(12(19)17-13(18)20)15-9(16-11)6-7-2-4-8(14)5-3-7/h2-5H,6H2,1H3,(H,15,16)(H,17,19,20). The summed E-state index contributed by atoms with van der Waals surface area (Å²) in [4.78, 5) is 32.8. The molecule has 0 unspecified atom stereocenters. The van der Waals surface area contributed by atoms with Crippen molar-refractivity contribution < 1.29 is 0 Å². The number of halogens is 1. The van der Waals surface area contributed by atoms with Crippen LogP contribution in [0.15, 0.2) is 38.3 Å². The van der Waals surface area contributed by atoms with E-state index in [2.05, 4.69) is 30.9 Å². The SMILES string of the molecule is Cn1c(=O)[nH]c(=O)c2[nH]c(Cc3ccc(Br)cc3)nc21. The van der Waals surface area contributed by atoms with Crippen molar-refractivity contribution in [1.82, 2.24) is 19.5 Å². The fraction of sp³-hybridized carbons (Fsp3) is 0.154. The molecule has 0 saturated carbocycles. The van der Waals surface area contributed by atoms with Crippen molar-refractivity contribution in [3.8, 4) is 0 Å². The number of benzene rings is 1. The van der Waals surface area contributed by atoms with Crippen LogP contribution in [-0.4, -0.2) is 19.5 Å². The van der Waals surface area contributed by atoms with E-state index in [0.717, 1.165) is 10.0 Å². The number of rotatable bonds is 2. The molecule has 0 aliphatic carbocycles. The minimum Gasteiger partial charge on any atom is -0.336 e. The van der Waals surface area contributed by atoms with E-state index in [4.69, 9.17) is 0 Å². The first-order chi connectivity index (χ1) is 9.54. The summed E-state index contributed by atoms with van der Waals surface area (Å²) in [7, 11) is 1.57. The lowest BCUT2D eigenvalue weighted by atomic mass is 10.1. The van der Waals surface area contributed by atoms with Crippen LogP contribution < -0.4 is 11.2 Å². The summed E-state index contributed by atoms with van der Waals surface area (Å²) >= 11 is 3.38. The van der Waals surface area contributed by atoms with Crippen LogP contribution in [0.1, 0.15) is 11.4 Å². The lowest BCUT2D eigenvalue weighted by molar-refractivity contribution is 0.830. The highest BCUT2D eigenvalue weighted by atomic mass is 79.9. The van der Waals surface area contributed by atoms with Crippen molar-refractivity contribution in [3.05, 3.63) is 61.0 Å². The second kappa shape index (κ2) is 4.75. The molecule has 7 heteroatoms. The number of nitrogens with one attached hydrogen (secondary N) is 2. The molecule has 1 aromatic carbocycles. The molecule has 3 aromatic rings. The minimum atomic E-state index is -0.468. The molecule has 0 atom stereocenters. The maximum atomic E-state index is 11.7. The van der Waals surface area contributed by atoms with Gasteiger partial charge in [0.2, 0.25) is 0 Å². The smallest absolute Gasteiger partial charge is 0.329 e. The fourth-order valence-electron chi connectivity index (χ4n) is 2.03. The fourth-order valence-corrected chi connectivity index (χ4v) is 2.30. The Kier molecular flexibility index (Phi) is 3.06. The van der Waals surface area contributed by atoms with Gasteiger partial charge in [-0.25, -0.2) is 9.78 Å². The van der Waals surface area contributed by atoms with Gasteiger partial charge in [0, 0.05) is 17.9 Å². The van der Waals surface area contributed by atoms with E-state index in [1.165, 1.54) is 4.57 Å². The molecular weight excluding hydrogens is 324 g/mol. The summed E-state index contributed by atoms with van der Waals surface area (Å²) in [6.07, 6.45) is 0.565. The number of aryl methyl sites for hydroxylation is 1. The Morgan fingerprint density at radius 2 is 1.90 bits per heavy atom. The van der Waals surface area contributed by atoms with Crippen molar-refractivity contribution >= 4 is 27.1 Å². The third-order valence-corrected chi connectivity index (χ3v) is 3.62. The number of H-pyrrole nitrogens is 2. The van der Waals surface area contributed by atoms with Gasteiger partial charge in [0.25, 0.3) is 5.56 Å². The van der Waals surface area contributed by atoms with E-state index >= 15 is 0 Å². The number of aromatic nitrogens is 4. The highest BCUT2D eigenvalue weighted by Crippen LogP contribution is 2.14. The van der Waals surface area contributed by atoms with Gasteiger partial charge < -0.3 is 4.98 Å². The lowest BCUT2D eigenvalue weighted by Gasteiger charge is -1.97. The summed E-state index contributed by atoms with van der Waals surface area (Å²) in [5.41, 5.74) is 0.834. The molecule has 2 N–H and O–H groups in total. The molecule has 0 amide bonds. The van der Waals surface area contributed by atoms with E-state index in [1.54, 1.807) is 7.05 Å². The van der Waals surface area contributed by atoms with Gasteiger partial charge in [0.05, 0.1) is 0 Å². The van der Waals surface area contributed by atoms with Gasteiger partial charge >= 0.3 is 5.69 Å². The zero-order chi connectivity index (χ0) is 14.3. The van der Waals surface area contributed by atoms with Crippen molar-refractivity contribution in [2.45, 2.75) is 6.42 Å². The molecule has 20 heavy (non-hydrogen) atoms. The molecule has 0 spiro atoms. The van der Waals surface area contributed by atoms with Gasteiger partial charge in [-0.3, -0.25) is 14.3 Å². The summed E-state index contributed by atoms with van der Waals surface area (Å²) in [5, 5.41) is 0. The van der Waals surface area contributed by atoms with Crippen LogP contribution in [0.5, 0.6) is 0 Å². The van der Waals surface area contributed by atoms with Gasteiger partial charge in [-0.05, 0) is 17.7 Å². The van der Waals surface area contributed by atoms with E-state index in [9.17, 15) is 9.59 Å². The first-order valence-electron chi connectivity index (χ1n) is 5.97. The molecule has 0 fully saturated rings. The lowest BCUT2D eigenvalue weighted by Crippen LogP contribution is -2.28. The van der Waals surface area contributed by atoms with Crippen LogP contribution in [0, 0.1) is 0 Å². The largest absolute Gasteiger partial charge is 0.336 e. The first-order valence-corrected chi connectivity index (χ1v) is 6.76. The zero-order valence-corrected chi connectivity index (χ0v) is 12.2. The molecular formula is C13H11BrN4O2. The summed E-state index contributed by atoms with van der Waals surface area (Å²) in [6.45, 7) is 0. The van der Waals surface area contributed by atoms with Crippen LogP contribution in [0.2, 0.25) is 0 Å². The van der Waals surface area contributed by atoms with Crippen LogP contribution in [0.4, 0.5) is 0 Å². The van der Waals surface area contributed by atoms with E-state index in [0.29, 0.717) is 23.4 Å². The number of hydrogen-bond acceptors (Lipinski definition) is 3. The first kappa shape index (κ1) is 12.9. The summed E-state index contributed by atoms with van der Waals surface area (Å²) in [6, 6.07) is 7.84. The highest BCUT2D eigenvalue weighted by Gasteiger charge is 2.10. The van der Waals surface area contributed by atoms with Crippen molar-refractivity contribution in [2.75, 3.05) is 0 Å². The van der Waals surface area contributed by atoms with Crippen molar-refractivity contribution in [2.24, 2.45) is 7.05 Å². The average molecular weight is 335 g/mol. The highest BCUT2D eigenvalue weighted by molar-refractivity contribution is 9.10. The molecule has 0 saturated heterocycles. The van der Waals surface area contributed by atoms with Gasteiger partial charge in [-0.15, -0.1) is 0 Å². The maximum Gasteiger partial charge on any atom is 0.329 e. The third kappa shape index (κ3) is 2.20. The minimum absolute atomic E-state index is 0.319. The molecule has 0 aliphatic heterocycles. The van der Waals surface area contributed by atoms with Crippen LogP contribution >= 0.6 is 15.9 Å². The molecule has 102 valence electrons. The summed E-state index contributed by atoms with van der Waals surface area (Å²) in [5.74, 6) is 0.647. The Hall–Kier alpha value is -2.15. The normalized spacial score (nSPS) is 11.1. The summed E-state index contributed by atoms with van der Waals surface area (Å²) < 4.78 is 2.32. The van der Waals surface area contributed by atoms with E-state index < -0.39 is 11.2 Å². The van der Waals surface area contributed by atoms with Crippen LogP contribution in [0.25, 0.3) is 11.2 Å². The molecule has 3 rings (SSSR count). The topological polar surface area (TPSA) is 83.5 Å². The molecule has 0 radical (unpaired) electrons. The number of fused-ring (bicyclic) bond motifs is 1. The molecule has 6 nitrogen and oxygen atoms in total. The van der Waals surface area contributed by atoms with Gasteiger partial charge in [-0.2, -0.15) is 0 Å². The monoisotopic (exact) mass is 334 g/mol. The molecule has 2 heterocycles. The van der Waals surface area contributed by atoms with Crippen LogP contribution in [-0.2, 0) is 13.5 Å². The Bertz CT molecular complexity index is 889.